The zero-order valence-corrected chi connectivity index (χ0v) is 19.3. The predicted octanol–water partition coefficient (Wildman–Crippen LogP) is 3.96. The van der Waals surface area contributed by atoms with Gasteiger partial charge in [-0.1, -0.05) is 6.07 Å². The first-order valence-electron chi connectivity index (χ1n) is 9.92. The number of carboxylic acid groups (broad SMARTS) is 1. The molecule has 0 bridgehead atoms. The number of nitrogens with zero attached hydrogens (tertiary/aromatic N) is 3. The molecule has 1 aliphatic heterocycles. The van der Waals surface area contributed by atoms with Gasteiger partial charge in [0.15, 0.2) is 11.5 Å². The molecular formula is C23H19BrN4O5. The largest absolute Gasteiger partial charge is 0.503 e. The van der Waals surface area contributed by atoms with Crippen molar-refractivity contribution in [2.45, 2.75) is 19.8 Å². The maximum absolute atomic E-state index is 11.4. The Balaban J connectivity index is 1.95. The lowest BCUT2D eigenvalue weighted by Crippen LogP contribution is -2.22. The van der Waals surface area contributed by atoms with E-state index in [-0.39, 0.29) is 34.4 Å². The predicted molar refractivity (Wildman–Crippen MR) is 122 cm³/mol. The van der Waals surface area contributed by atoms with E-state index in [0.29, 0.717) is 33.6 Å². The van der Waals surface area contributed by atoms with E-state index >= 15 is 0 Å². The minimum atomic E-state index is -1.07. The summed E-state index contributed by atoms with van der Waals surface area (Å²) in [6, 6.07) is 11.7. The highest BCUT2D eigenvalue weighted by atomic mass is 79.9. The third kappa shape index (κ3) is 3.76. The summed E-state index contributed by atoms with van der Waals surface area (Å²) in [6.45, 7) is 3.90. The normalized spacial score (nSPS) is 14.9. The number of allylic oxidation sites excluding steroid dienone is 1. The average molecular weight is 511 g/mol. The Hall–Kier alpha value is -3.97. The highest BCUT2D eigenvalue weighted by molar-refractivity contribution is 9.10. The van der Waals surface area contributed by atoms with Crippen LogP contribution in [0.3, 0.4) is 0 Å². The van der Waals surface area contributed by atoms with E-state index in [2.05, 4.69) is 27.1 Å². The van der Waals surface area contributed by atoms with Gasteiger partial charge in [0, 0.05) is 0 Å². The first-order valence-corrected chi connectivity index (χ1v) is 10.7. The minimum absolute atomic E-state index is 0.0544. The Bertz CT molecular complexity index is 1360. The summed E-state index contributed by atoms with van der Waals surface area (Å²) in [5.41, 5.74) is 8.68. The molecule has 0 aliphatic carbocycles. The second kappa shape index (κ2) is 8.52. The van der Waals surface area contributed by atoms with E-state index in [9.17, 15) is 20.3 Å². The molecule has 4 rings (SSSR count). The quantitative estimate of drug-likeness (QED) is 0.467. The molecule has 2 heterocycles. The molecule has 0 spiro atoms. The van der Waals surface area contributed by atoms with Crippen LogP contribution in [0, 0.1) is 18.3 Å². The van der Waals surface area contributed by atoms with E-state index in [4.69, 9.17) is 15.2 Å². The summed E-state index contributed by atoms with van der Waals surface area (Å²) in [7, 11) is 0. The van der Waals surface area contributed by atoms with Crippen LogP contribution in [0.5, 0.6) is 17.4 Å². The molecular weight excluding hydrogens is 492 g/mol. The highest BCUT2D eigenvalue weighted by Crippen LogP contribution is 2.47. The number of aromatic nitrogens is 2. The molecule has 2 aromatic carbocycles. The molecule has 4 N–H and O–H groups in total. The van der Waals surface area contributed by atoms with E-state index in [1.165, 1.54) is 16.8 Å². The van der Waals surface area contributed by atoms with Crippen LogP contribution in [0.15, 0.2) is 52.3 Å². The fraction of sp³-hybridized carbons (Fsp3) is 0.174. The number of ether oxygens (including phenoxy) is 2. The lowest BCUT2D eigenvalue weighted by atomic mass is 9.84. The van der Waals surface area contributed by atoms with E-state index in [1.54, 1.807) is 38.1 Å². The molecule has 0 saturated carbocycles. The van der Waals surface area contributed by atoms with Gasteiger partial charge >= 0.3 is 5.97 Å². The maximum atomic E-state index is 11.4. The van der Waals surface area contributed by atoms with Crippen molar-refractivity contribution in [1.82, 2.24) is 9.78 Å². The summed E-state index contributed by atoms with van der Waals surface area (Å²) >= 11 is 3.34. The molecule has 1 aliphatic rings. The van der Waals surface area contributed by atoms with Gasteiger partial charge in [0.05, 0.1) is 39.5 Å². The van der Waals surface area contributed by atoms with Gasteiger partial charge < -0.3 is 25.4 Å². The summed E-state index contributed by atoms with van der Waals surface area (Å²) in [5, 5.41) is 34.1. The van der Waals surface area contributed by atoms with Crippen molar-refractivity contribution in [2.24, 2.45) is 5.73 Å². The van der Waals surface area contributed by atoms with Crippen molar-refractivity contribution in [3.8, 4) is 29.1 Å². The lowest BCUT2D eigenvalue weighted by Gasteiger charge is -2.25. The van der Waals surface area contributed by atoms with Gasteiger partial charge in [-0.2, -0.15) is 10.4 Å². The zero-order valence-electron chi connectivity index (χ0n) is 17.7. The molecule has 9 nitrogen and oxygen atoms in total. The number of halogens is 1. The molecule has 0 radical (unpaired) electrons. The Morgan fingerprint density at radius 3 is 2.82 bits per heavy atom. The number of aromatic carboxylic acids is 1. The molecule has 1 aromatic heterocycles. The van der Waals surface area contributed by atoms with Crippen LogP contribution in [-0.4, -0.2) is 32.6 Å². The molecule has 0 fully saturated rings. The van der Waals surface area contributed by atoms with Crippen molar-refractivity contribution in [1.29, 1.82) is 5.26 Å². The molecule has 33 heavy (non-hydrogen) atoms. The average Bonchev–Trinajstić information content (AvgIpc) is 3.11. The number of hydrogen-bond acceptors (Lipinski definition) is 7. The summed E-state index contributed by atoms with van der Waals surface area (Å²) in [5.74, 6) is -1.33. The SMILES string of the molecule is CCOc1cc(C2C(C#N)=C(N)Oc3c2c(C)nn3-c2cccc(C(=O)O)c2)cc(Br)c1O. The number of benzene rings is 2. The Morgan fingerprint density at radius 1 is 1.39 bits per heavy atom. The van der Waals surface area contributed by atoms with Crippen LogP contribution >= 0.6 is 15.9 Å². The highest BCUT2D eigenvalue weighted by Gasteiger charge is 2.37. The fourth-order valence-corrected chi connectivity index (χ4v) is 4.28. The minimum Gasteiger partial charge on any atom is -0.503 e. The van der Waals surface area contributed by atoms with Crippen molar-refractivity contribution in [3.63, 3.8) is 0 Å². The van der Waals surface area contributed by atoms with E-state index < -0.39 is 11.9 Å². The molecule has 0 amide bonds. The molecule has 1 atom stereocenters. The van der Waals surface area contributed by atoms with Gasteiger partial charge in [-0.25, -0.2) is 9.48 Å². The summed E-state index contributed by atoms with van der Waals surface area (Å²) < 4.78 is 13.2. The van der Waals surface area contributed by atoms with Crippen LogP contribution in [0.1, 0.15) is 40.0 Å². The van der Waals surface area contributed by atoms with Gasteiger partial charge in [-0.15, -0.1) is 0 Å². The van der Waals surface area contributed by atoms with Gasteiger partial charge in [0.25, 0.3) is 0 Å². The number of fused-ring (bicyclic) bond motifs is 1. The second-order valence-corrected chi connectivity index (χ2v) is 8.13. The number of nitrogens with two attached hydrogens (primary N) is 1. The number of carboxylic acids is 1. The monoisotopic (exact) mass is 510 g/mol. The number of phenolic OH excluding ortho intramolecular Hbond substituents is 1. The van der Waals surface area contributed by atoms with E-state index in [0.717, 1.165) is 0 Å². The van der Waals surface area contributed by atoms with Crippen molar-refractivity contribution < 1.29 is 24.5 Å². The zero-order chi connectivity index (χ0) is 23.9. The molecule has 3 aromatic rings. The third-order valence-electron chi connectivity index (χ3n) is 5.25. The van der Waals surface area contributed by atoms with Crippen molar-refractivity contribution in [3.05, 3.63) is 74.7 Å². The summed E-state index contributed by atoms with van der Waals surface area (Å²) in [4.78, 5) is 11.4. The first-order chi connectivity index (χ1) is 15.8. The fourth-order valence-electron chi connectivity index (χ4n) is 3.82. The maximum Gasteiger partial charge on any atom is 0.335 e. The Kier molecular flexibility index (Phi) is 5.74. The number of rotatable bonds is 5. The Labute approximate surface area is 197 Å². The van der Waals surface area contributed by atoms with Crippen LogP contribution in [0.25, 0.3) is 5.69 Å². The van der Waals surface area contributed by atoms with Crippen LogP contribution in [0.2, 0.25) is 0 Å². The number of aromatic hydroxyl groups is 1. The number of carbonyl (C=O) groups is 1. The Morgan fingerprint density at radius 2 is 2.15 bits per heavy atom. The third-order valence-corrected chi connectivity index (χ3v) is 5.86. The number of aryl methyl sites for hydroxylation is 1. The van der Waals surface area contributed by atoms with Gasteiger partial charge in [0.1, 0.15) is 11.6 Å². The van der Waals surface area contributed by atoms with E-state index in [1.807, 2.05) is 0 Å². The van der Waals surface area contributed by atoms with Crippen molar-refractivity contribution in [2.75, 3.05) is 6.61 Å². The topological polar surface area (TPSA) is 144 Å². The molecule has 10 heteroatoms. The number of phenols is 1. The van der Waals surface area contributed by atoms with Crippen LogP contribution in [0.4, 0.5) is 0 Å². The smallest absolute Gasteiger partial charge is 0.335 e. The van der Waals surface area contributed by atoms with Crippen LogP contribution in [-0.2, 0) is 0 Å². The first kappa shape index (κ1) is 22.2. The van der Waals surface area contributed by atoms with Gasteiger partial charge in [-0.3, -0.25) is 0 Å². The lowest BCUT2D eigenvalue weighted by molar-refractivity contribution is 0.0697. The van der Waals surface area contributed by atoms with Crippen molar-refractivity contribution >= 4 is 21.9 Å². The molecule has 0 saturated heterocycles. The molecule has 168 valence electrons. The summed E-state index contributed by atoms with van der Waals surface area (Å²) in [6.07, 6.45) is 0. The molecule has 1 unspecified atom stereocenters. The standard InChI is InChI=1S/C23H19BrN4O5/c1-3-32-17-9-13(8-16(24)20(17)29)19-15(10-25)21(26)33-22-18(19)11(2)27-28(22)14-6-4-5-12(7-14)23(30)31/h4-9,19,29H,3,26H2,1-2H3,(H,30,31). The number of hydrogen-bond donors (Lipinski definition) is 3. The van der Waals surface area contributed by atoms with Gasteiger partial charge in [-0.05, 0) is 65.7 Å². The van der Waals surface area contributed by atoms with Crippen LogP contribution < -0.4 is 15.2 Å². The number of nitriles is 1. The van der Waals surface area contributed by atoms with Gasteiger partial charge in [0.2, 0.25) is 11.8 Å². The second-order valence-electron chi connectivity index (χ2n) is 7.28.